The molecule has 1 atom stereocenters. The van der Waals surface area contributed by atoms with Crippen LogP contribution in [0.15, 0.2) is 28.7 Å². The van der Waals surface area contributed by atoms with Crippen LogP contribution in [0.4, 0.5) is 5.82 Å². The van der Waals surface area contributed by atoms with E-state index in [9.17, 15) is 9.90 Å². The second-order valence-electron chi connectivity index (χ2n) is 4.80. The van der Waals surface area contributed by atoms with Gasteiger partial charge < -0.3 is 10.4 Å². The molecule has 2 N–H and O–H groups in total. The minimum absolute atomic E-state index is 0.110. The predicted molar refractivity (Wildman–Crippen MR) is 89.9 cm³/mol. The lowest BCUT2D eigenvalue weighted by Gasteiger charge is -2.16. The molecule has 120 valence electrons. The summed E-state index contributed by atoms with van der Waals surface area (Å²) < 4.78 is 0.792. The Labute approximate surface area is 146 Å². The Morgan fingerprint density at radius 1 is 1.33 bits per heavy atom. The molecular formula is C16H12BrN5O2. The first-order valence-corrected chi connectivity index (χ1v) is 7.77. The van der Waals surface area contributed by atoms with Gasteiger partial charge in [0.2, 0.25) is 0 Å². The first-order valence-electron chi connectivity index (χ1n) is 6.97. The van der Waals surface area contributed by atoms with Crippen molar-refractivity contribution in [3.05, 3.63) is 40.1 Å². The molecule has 0 aliphatic heterocycles. The van der Waals surface area contributed by atoms with E-state index in [2.05, 4.69) is 31.2 Å². The van der Waals surface area contributed by atoms with Crippen molar-refractivity contribution in [2.75, 3.05) is 5.32 Å². The molecule has 1 aromatic carbocycles. The first-order chi connectivity index (χ1) is 11.5. The molecule has 1 heterocycles. The van der Waals surface area contributed by atoms with E-state index in [1.807, 2.05) is 12.1 Å². The second kappa shape index (κ2) is 7.53. The van der Waals surface area contributed by atoms with E-state index in [1.54, 1.807) is 31.2 Å². The van der Waals surface area contributed by atoms with Gasteiger partial charge in [0.15, 0.2) is 17.2 Å². The van der Waals surface area contributed by atoms with Crippen molar-refractivity contribution < 1.29 is 9.90 Å². The number of benzene rings is 1. The van der Waals surface area contributed by atoms with Crippen LogP contribution in [0.2, 0.25) is 0 Å². The summed E-state index contributed by atoms with van der Waals surface area (Å²) in [5.74, 6) is -0.889. The molecule has 0 radical (unpaired) electrons. The molecule has 0 saturated heterocycles. The number of rotatable bonds is 5. The highest BCUT2D eigenvalue weighted by molar-refractivity contribution is 9.10. The number of nitrogens with zero attached hydrogens (tertiary/aromatic N) is 4. The van der Waals surface area contributed by atoms with Crippen molar-refractivity contribution in [2.24, 2.45) is 0 Å². The topological polar surface area (TPSA) is 123 Å². The first kappa shape index (κ1) is 17.4. The van der Waals surface area contributed by atoms with Crippen LogP contribution < -0.4 is 5.32 Å². The van der Waals surface area contributed by atoms with E-state index in [-0.39, 0.29) is 17.2 Å². The van der Waals surface area contributed by atoms with Crippen molar-refractivity contribution in [1.29, 1.82) is 10.5 Å². The van der Waals surface area contributed by atoms with E-state index < -0.39 is 12.0 Å². The average Bonchev–Trinajstić information content (AvgIpc) is 2.58. The number of aliphatic carboxylic acids is 1. The number of carboxylic acid groups (broad SMARTS) is 1. The van der Waals surface area contributed by atoms with Crippen LogP contribution in [0.3, 0.4) is 0 Å². The number of carbonyl (C=O) groups is 1. The summed E-state index contributed by atoms with van der Waals surface area (Å²) >= 11 is 3.36. The van der Waals surface area contributed by atoms with Gasteiger partial charge in [-0.25, -0.2) is 14.8 Å². The van der Waals surface area contributed by atoms with Gasteiger partial charge in [0, 0.05) is 10.0 Å². The molecule has 1 aromatic heterocycles. The number of hydrogen-bond donors (Lipinski definition) is 2. The van der Waals surface area contributed by atoms with Gasteiger partial charge in [0.25, 0.3) is 0 Å². The minimum atomic E-state index is -1.04. The SMILES string of the molecule is CCC(Nc1nc(C#N)c(C#N)nc1-c1cccc(Br)c1)C(=O)O. The van der Waals surface area contributed by atoms with Crippen molar-refractivity contribution in [2.45, 2.75) is 19.4 Å². The number of hydrogen-bond acceptors (Lipinski definition) is 6. The molecule has 0 fully saturated rings. The highest BCUT2D eigenvalue weighted by atomic mass is 79.9. The summed E-state index contributed by atoms with van der Waals surface area (Å²) in [6, 6.07) is 9.89. The third kappa shape index (κ3) is 3.67. The summed E-state index contributed by atoms with van der Waals surface area (Å²) in [6.07, 6.45) is 0.316. The van der Waals surface area contributed by atoms with Gasteiger partial charge in [0.05, 0.1) is 0 Å². The van der Waals surface area contributed by atoms with Gasteiger partial charge in [-0.1, -0.05) is 35.0 Å². The number of nitrogens with one attached hydrogen (secondary N) is 1. The molecule has 2 aromatic rings. The zero-order valence-corrected chi connectivity index (χ0v) is 14.2. The monoisotopic (exact) mass is 385 g/mol. The maximum Gasteiger partial charge on any atom is 0.326 e. The Kier molecular flexibility index (Phi) is 5.46. The zero-order valence-electron chi connectivity index (χ0n) is 12.6. The van der Waals surface area contributed by atoms with Crippen molar-refractivity contribution in [3.63, 3.8) is 0 Å². The van der Waals surface area contributed by atoms with Crippen LogP contribution in [-0.2, 0) is 4.79 Å². The number of aromatic nitrogens is 2. The summed E-state index contributed by atoms with van der Waals surface area (Å²) in [5.41, 5.74) is 0.688. The molecule has 0 aliphatic carbocycles. The van der Waals surface area contributed by atoms with Gasteiger partial charge in [-0.15, -0.1) is 0 Å². The van der Waals surface area contributed by atoms with Crippen LogP contribution in [0, 0.1) is 22.7 Å². The molecule has 2 rings (SSSR count). The quantitative estimate of drug-likeness (QED) is 0.810. The molecule has 8 heteroatoms. The standard InChI is InChI=1S/C16H12BrN5O2/c1-2-11(16(23)24)21-15-14(9-4-3-5-10(17)6-9)20-12(7-18)13(8-19)22-15/h3-6,11H,2H2,1H3,(H,21,22)(H,23,24). The van der Waals surface area contributed by atoms with E-state index >= 15 is 0 Å². The van der Waals surface area contributed by atoms with E-state index in [0.717, 1.165) is 4.47 Å². The van der Waals surface area contributed by atoms with Crippen LogP contribution in [0.25, 0.3) is 11.3 Å². The maximum atomic E-state index is 11.3. The van der Waals surface area contributed by atoms with E-state index in [1.165, 1.54) is 0 Å². The summed E-state index contributed by atoms with van der Waals surface area (Å²) in [7, 11) is 0. The summed E-state index contributed by atoms with van der Waals surface area (Å²) in [4.78, 5) is 19.6. The smallest absolute Gasteiger partial charge is 0.326 e. The lowest BCUT2D eigenvalue weighted by molar-refractivity contribution is -0.137. The Balaban J connectivity index is 2.65. The van der Waals surface area contributed by atoms with Crippen molar-refractivity contribution in [3.8, 4) is 23.4 Å². The molecule has 24 heavy (non-hydrogen) atoms. The Bertz CT molecular complexity index is 870. The Morgan fingerprint density at radius 2 is 2.00 bits per heavy atom. The van der Waals surface area contributed by atoms with Gasteiger partial charge in [-0.05, 0) is 18.6 Å². The molecule has 0 saturated carbocycles. The highest BCUT2D eigenvalue weighted by Gasteiger charge is 2.21. The highest BCUT2D eigenvalue weighted by Crippen LogP contribution is 2.28. The molecule has 0 amide bonds. The Morgan fingerprint density at radius 3 is 2.54 bits per heavy atom. The number of nitriles is 2. The third-order valence-electron chi connectivity index (χ3n) is 3.22. The number of carboxylic acids is 1. The summed E-state index contributed by atoms with van der Waals surface area (Å²) in [5, 5.41) is 30.3. The van der Waals surface area contributed by atoms with E-state index in [4.69, 9.17) is 10.5 Å². The fourth-order valence-electron chi connectivity index (χ4n) is 2.03. The average molecular weight is 386 g/mol. The van der Waals surface area contributed by atoms with Gasteiger partial charge in [0.1, 0.15) is 23.9 Å². The fraction of sp³-hybridized carbons (Fsp3) is 0.188. The van der Waals surface area contributed by atoms with Gasteiger partial charge in [-0.2, -0.15) is 10.5 Å². The van der Waals surface area contributed by atoms with E-state index in [0.29, 0.717) is 17.7 Å². The lowest BCUT2D eigenvalue weighted by Crippen LogP contribution is -2.29. The lowest BCUT2D eigenvalue weighted by atomic mass is 10.1. The third-order valence-corrected chi connectivity index (χ3v) is 3.72. The number of anilines is 1. The molecule has 1 unspecified atom stereocenters. The van der Waals surface area contributed by atoms with Crippen LogP contribution in [-0.4, -0.2) is 27.1 Å². The van der Waals surface area contributed by atoms with Crippen LogP contribution in [0.5, 0.6) is 0 Å². The predicted octanol–water partition coefficient (Wildman–Crippen LogP) is 2.92. The van der Waals surface area contributed by atoms with Crippen LogP contribution in [0.1, 0.15) is 24.7 Å². The van der Waals surface area contributed by atoms with Crippen molar-refractivity contribution >= 4 is 27.7 Å². The largest absolute Gasteiger partial charge is 0.480 e. The number of halogens is 1. The second-order valence-corrected chi connectivity index (χ2v) is 5.71. The maximum absolute atomic E-state index is 11.3. The molecule has 0 aliphatic rings. The molecule has 0 spiro atoms. The fourth-order valence-corrected chi connectivity index (χ4v) is 2.43. The van der Waals surface area contributed by atoms with Gasteiger partial charge >= 0.3 is 5.97 Å². The van der Waals surface area contributed by atoms with Crippen LogP contribution >= 0.6 is 15.9 Å². The normalized spacial score (nSPS) is 11.2. The zero-order chi connectivity index (χ0) is 17.7. The Hall–Kier alpha value is -2.97. The van der Waals surface area contributed by atoms with Gasteiger partial charge in [-0.3, -0.25) is 0 Å². The molecule has 7 nitrogen and oxygen atoms in total. The minimum Gasteiger partial charge on any atom is -0.480 e. The van der Waals surface area contributed by atoms with Crippen molar-refractivity contribution in [1.82, 2.24) is 9.97 Å². The molecular weight excluding hydrogens is 374 g/mol. The molecule has 0 bridgehead atoms. The summed E-state index contributed by atoms with van der Waals surface area (Å²) in [6.45, 7) is 1.72.